The van der Waals surface area contributed by atoms with Crippen molar-refractivity contribution in [2.75, 3.05) is 11.1 Å². The van der Waals surface area contributed by atoms with E-state index in [4.69, 9.17) is 21.9 Å². The number of nitrogen functional groups attached to an aromatic ring is 1. The molecule has 2 fully saturated rings. The molecule has 39 heavy (non-hydrogen) atoms. The quantitative estimate of drug-likeness (QED) is 0.223. The van der Waals surface area contributed by atoms with Crippen molar-refractivity contribution in [3.8, 4) is 0 Å². The molecule has 1 aromatic heterocycles. The van der Waals surface area contributed by atoms with Gasteiger partial charge < -0.3 is 27.2 Å². The van der Waals surface area contributed by atoms with Gasteiger partial charge in [0.2, 0.25) is 5.91 Å². The third kappa shape index (κ3) is 4.87. The number of aromatic amines is 1. The Bertz CT molecular complexity index is 1690. The summed E-state index contributed by atoms with van der Waals surface area (Å²) in [6, 6.07) is 9.67. The number of primary amides is 1. The van der Waals surface area contributed by atoms with Crippen molar-refractivity contribution in [2.45, 2.75) is 65.7 Å². The van der Waals surface area contributed by atoms with E-state index in [1.54, 1.807) is 6.07 Å². The van der Waals surface area contributed by atoms with Gasteiger partial charge in [0.1, 0.15) is 0 Å². The zero-order valence-electron chi connectivity index (χ0n) is 23.0. The van der Waals surface area contributed by atoms with Gasteiger partial charge in [0.25, 0.3) is 5.91 Å². The van der Waals surface area contributed by atoms with Gasteiger partial charge in [-0.3, -0.25) is 9.59 Å². The molecule has 5 rings (SSSR count). The van der Waals surface area contributed by atoms with Gasteiger partial charge in [-0.2, -0.15) is 0 Å². The summed E-state index contributed by atoms with van der Waals surface area (Å²) in [5.74, 6) is -0.152. The molecule has 2 saturated carbocycles. The average Bonchev–Trinajstić information content (AvgIpc) is 3.85. The first-order chi connectivity index (χ1) is 18.6. The predicted octanol–water partition coefficient (Wildman–Crippen LogP) is 4.05. The number of nitrogens with zero attached hydrogens (tertiary/aromatic N) is 1. The maximum absolute atomic E-state index is 13.0. The number of aromatic nitrogens is 1. The van der Waals surface area contributed by atoms with E-state index in [1.807, 2.05) is 45.9 Å². The molecule has 0 saturated heterocycles. The Balaban J connectivity index is 1.74. The van der Waals surface area contributed by atoms with Crippen LogP contribution in [-0.2, 0) is 9.59 Å². The number of benzene rings is 2. The number of nitrogens with two attached hydrogens (primary N) is 2. The molecule has 2 aliphatic rings. The van der Waals surface area contributed by atoms with E-state index >= 15 is 0 Å². The molecule has 7 N–H and O–H groups in total. The highest BCUT2D eigenvalue weighted by molar-refractivity contribution is 6.18. The Labute approximate surface area is 227 Å². The molecular formula is C31H36N6O2. The lowest BCUT2D eigenvalue weighted by molar-refractivity contribution is -0.120. The molecule has 1 heterocycles. The number of hydrogen-bond donors (Lipinski definition) is 5. The van der Waals surface area contributed by atoms with Gasteiger partial charge in [-0.05, 0) is 75.6 Å². The van der Waals surface area contributed by atoms with Crippen molar-refractivity contribution in [1.29, 1.82) is 5.41 Å². The van der Waals surface area contributed by atoms with Gasteiger partial charge in [-0.1, -0.05) is 31.6 Å². The fraction of sp³-hybridized carbons (Fsp3) is 0.355. The summed E-state index contributed by atoms with van der Waals surface area (Å²) in [6.07, 6.45) is 6.00. The Hall–Kier alpha value is -4.20. The normalized spacial score (nSPS) is 18.0. The molecule has 0 bridgehead atoms. The van der Waals surface area contributed by atoms with E-state index < -0.39 is 5.91 Å². The minimum Gasteiger partial charge on any atom is -0.398 e. The molecule has 0 atom stereocenters. The number of fused-ring (bicyclic) bond motifs is 1. The van der Waals surface area contributed by atoms with Crippen molar-refractivity contribution in [2.24, 2.45) is 16.1 Å². The van der Waals surface area contributed by atoms with Crippen LogP contribution in [0.25, 0.3) is 22.2 Å². The zero-order chi connectivity index (χ0) is 28.1. The van der Waals surface area contributed by atoms with E-state index in [2.05, 4.69) is 16.4 Å². The Morgan fingerprint density at radius 2 is 1.92 bits per heavy atom. The summed E-state index contributed by atoms with van der Waals surface area (Å²) in [5, 5.41) is 13.2. The molecule has 202 valence electrons. The summed E-state index contributed by atoms with van der Waals surface area (Å²) in [5.41, 5.74) is 17.9. The van der Waals surface area contributed by atoms with Crippen LogP contribution in [0.1, 0.15) is 82.4 Å². The van der Waals surface area contributed by atoms with Crippen molar-refractivity contribution >= 4 is 57.3 Å². The standard InChI is InChI=1S/C31H36N6O2/c1-5-16(2)25-26-21(15-32)22(33)10-11-23(26)36-27(25)28(29(34)38)35-17(3)20-9-8-19(18-6-7-18)14-24(20)37-30(39)31(4)12-13-31/h8-11,14-15,18,32,36H,5-7,12-13,33H2,1-4H3,(H2,34,38)(H,37,39)/b25-16+,28-27+,32-15?,35-17?. The van der Waals surface area contributed by atoms with Crippen molar-refractivity contribution < 1.29 is 9.59 Å². The lowest BCUT2D eigenvalue weighted by Crippen LogP contribution is -2.32. The maximum atomic E-state index is 13.0. The molecule has 0 radical (unpaired) electrons. The summed E-state index contributed by atoms with van der Waals surface area (Å²) in [6.45, 7) is 7.82. The molecular weight excluding hydrogens is 488 g/mol. The van der Waals surface area contributed by atoms with E-state index in [-0.39, 0.29) is 17.0 Å². The minimum absolute atomic E-state index is 0.00596. The van der Waals surface area contributed by atoms with Crippen LogP contribution in [0.15, 0.2) is 35.3 Å². The van der Waals surface area contributed by atoms with Crippen LogP contribution in [0.3, 0.4) is 0 Å². The molecule has 8 nitrogen and oxygen atoms in total. The second-order valence-electron chi connectivity index (χ2n) is 11.1. The number of rotatable bonds is 8. The lowest BCUT2D eigenvalue weighted by atomic mass is 10.0. The summed E-state index contributed by atoms with van der Waals surface area (Å²) in [4.78, 5) is 34.0. The first kappa shape index (κ1) is 26.4. The zero-order valence-corrected chi connectivity index (χ0v) is 23.0. The molecule has 0 aliphatic heterocycles. The second kappa shape index (κ2) is 9.84. The largest absolute Gasteiger partial charge is 0.398 e. The molecule has 2 amide bonds. The average molecular weight is 525 g/mol. The Morgan fingerprint density at radius 3 is 2.51 bits per heavy atom. The first-order valence-corrected chi connectivity index (χ1v) is 13.5. The van der Waals surface area contributed by atoms with Crippen LogP contribution in [0.4, 0.5) is 11.4 Å². The number of carbonyl (C=O) groups excluding carboxylic acids is 2. The van der Waals surface area contributed by atoms with Gasteiger partial charge in [-0.25, -0.2) is 4.99 Å². The van der Waals surface area contributed by atoms with Gasteiger partial charge >= 0.3 is 0 Å². The summed E-state index contributed by atoms with van der Waals surface area (Å²) in [7, 11) is 0. The fourth-order valence-electron chi connectivity index (χ4n) is 5.07. The number of amides is 2. The van der Waals surface area contributed by atoms with Gasteiger partial charge in [0, 0.05) is 50.3 Å². The summed E-state index contributed by atoms with van der Waals surface area (Å²) >= 11 is 0. The molecule has 2 aliphatic carbocycles. The highest BCUT2D eigenvalue weighted by atomic mass is 16.2. The van der Waals surface area contributed by atoms with E-state index in [1.165, 1.54) is 11.8 Å². The molecule has 0 unspecified atom stereocenters. The van der Waals surface area contributed by atoms with Crippen LogP contribution in [0, 0.1) is 10.8 Å². The minimum atomic E-state index is -0.680. The van der Waals surface area contributed by atoms with Crippen LogP contribution >= 0.6 is 0 Å². The van der Waals surface area contributed by atoms with Crippen LogP contribution < -0.4 is 27.4 Å². The smallest absolute Gasteiger partial charge is 0.269 e. The highest BCUT2D eigenvalue weighted by Crippen LogP contribution is 2.46. The molecule has 2 aromatic carbocycles. The maximum Gasteiger partial charge on any atom is 0.269 e. The Morgan fingerprint density at radius 1 is 1.21 bits per heavy atom. The fourth-order valence-corrected chi connectivity index (χ4v) is 5.07. The number of hydrogen-bond acceptors (Lipinski definition) is 5. The van der Waals surface area contributed by atoms with Crippen molar-refractivity contribution in [3.63, 3.8) is 0 Å². The number of anilines is 2. The van der Waals surface area contributed by atoms with Gasteiger partial charge in [-0.15, -0.1) is 0 Å². The third-order valence-electron chi connectivity index (χ3n) is 8.17. The Kier molecular flexibility index (Phi) is 6.66. The second-order valence-corrected chi connectivity index (χ2v) is 11.1. The van der Waals surface area contributed by atoms with Crippen molar-refractivity contribution in [1.82, 2.24) is 4.98 Å². The molecule has 0 spiro atoms. The lowest BCUT2D eigenvalue weighted by Gasteiger charge is -2.16. The number of aliphatic imine (C=N–C) groups is 1. The number of nitrogens with one attached hydrogen (secondary N) is 3. The van der Waals surface area contributed by atoms with Crippen LogP contribution in [0.2, 0.25) is 0 Å². The number of carbonyl (C=O) groups is 2. The third-order valence-corrected chi connectivity index (χ3v) is 8.17. The molecule has 3 aromatic rings. The van der Waals surface area contributed by atoms with Crippen LogP contribution in [0.5, 0.6) is 0 Å². The topological polar surface area (TPSA) is 150 Å². The van der Waals surface area contributed by atoms with Crippen molar-refractivity contribution in [3.05, 3.63) is 57.6 Å². The van der Waals surface area contributed by atoms with Gasteiger partial charge in [0.05, 0.1) is 11.0 Å². The highest BCUT2D eigenvalue weighted by Gasteiger charge is 2.45. The van der Waals surface area contributed by atoms with E-state index in [0.29, 0.717) is 33.9 Å². The van der Waals surface area contributed by atoms with Gasteiger partial charge in [0.15, 0.2) is 5.70 Å². The first-order valence-electron chi connectivity index (χ1n) is 13.5. The van der Waals surface area contributed by atoms with E-state index in [9.17, 15) is 9.59 Å². The predicted molar refractivity (Wildman–Crippen MR) is 158 cm³/mol. The summed E-state index contributed by atoms with van der Waals surface area (Å²) < 4.78 is 0. The van der Waals surface area contributed by atoms with Crippen LogP contribution in [-0.4, -0.2) is 28.7 Å². The number of H-pyrrole nitrogens is 1. The SMILES string of the molecule is CC/C(C)=c1/c(=C(\N=C(C)c2ccc(C3CC3)cc2NC(=O)C2(C)CC2)C(N)=O)[nH]c2ccc(N)c(C=N)c12. The van der Waals surface area contributed by atoms with E-state index in [0.717, 1.165) is 59.4 Å². The monoisotopic (exact) mass is 524 g/mol. The molecule has 8 heteroatoms.